The van der Waals surface area contributed by atoms with E-state index in [0.29, 0.717) is 19.5 Å². The summed E-state index contributed by atoms with van der Waals surface area (Å²) in [4.78, 5) is 17.9. The van der Waals surface area contributed by atoms with Gasteiger partial charge in [0, 0.05) is 32.5 Å². The Morgan fingerprint density at radius 3 is 2.29 bits per heavy atom. The van der Waals surface area contributed by atoms with Crippen LogP contribution in [0.5, 0.6) is 0 Å². The molecule has 0 unspecified atom stereocenters. The lowest BCUT2D eigenvalue weighted by molar-refractivity contribution is -0.129. The summed E-state index contributed by atoms with van der Waals surface area (Å²) in [5.41, 5.74) is 8.86. The molecule has 0 atom stereocenters. The van der Waals surface area contributed by atoms with E-state index in [4.69, 9.17) is 5.73 Å². The number of amides is 1. The topological polar surface area (TPSA) is 59.2 Å². The normalized spacial score (nSPS) is 10.4. The fraction of sp³-hybridized carbons (Fsp3) is 0.294. The van der Waals surface area contributed by atoms with E-state index in [9.17, 15) is 4.79 Å². The molecule has 0 fully saturated rings. The SMILES string of the molecule is CN(CCc1ccncc1)C(=O)Cc1ccc(CN)cc1. The number of rotatable bonds is 6. The van der Waals surface area contributed by atoms with E-state index in [1.54, 1.807) is 17.3 Å². The van der Waals surface area contributed by atoms with Crippen molar-refractivity contribution in [2.75, 3.05) is 13.6 Å². The van der Waals surface area contributed by atoms with Gasteiger partial charge in [-0.25, -0.2) is 0 Å². The fourth-order valence-corrected chi connectivity index (χ4v) is 2.07. The third-order valence-electron chi connectivity index (χ3n) is 3.53. The first-order valence-electron chi connectivity index (χ1n) is 7.10. The van der Waals surface area contributed by atoms with Gasteiger partial charge in [-0.2, -0.15) is 0 Å². The summed E-state index contributed by atoms with van der Waals surface area (Å²) < 4.78 is 0. The summed E-state index contributed by atoms with van der Waals surface area (Å²) >= 11 is 0. The minimum Gasteiger partial charge on any atom is -0.345 e. The van der Waals surface area contributed by atoms with Crippen LogP contribution in [0.3, 0.4) is 0 Å². The molecular formula is C17H21N3O. The zero-order chi connectivity index (χ0) is 15.1. The number of carbonyl (C=O) groups excluding carboxylic acids is 1. The van der Waals surface area contributed by atoms with Gasteiger partial charge in [-0.3, -0.25) is 9.78 Å². The van der Waals surface area contributed by atoms with Gasteiger partial charge in [0.25, 0.3) is 0 Å². The molecule has 0 aliphatic heterocycles. The molecule has 2 N–H and O–H groups in total. The fourth-order valence-electron chi connectivity index (χ4n) is 2.07. The Balaban J connectivity index is 1.84. The van der Waals surface area contributed by atoms with Crippen LogP contribution in [0.15, 0.2) is 48.8 Å². The summed E-state index contributed by atoms with van der Waals surface area (Å²) in [6.45, 7) is 1.24. The van der Waals surface area contributed by atoms with E-state index in [1.165, 1.54) is 5.56 Å². The Bertz CT molecular complexity index is 566. The lowest BCUT2D eigenvalue weighted by Crippen LogP contribution is -2.30. The maximum Gasteiger partial charge on any atom is 0.226 e. The molecule has 0 bridgehead atoms. The minimum absolute atomic E-state index is 0.129. The van der Waals surface area contributed by atoms with E-state index >= 15 is 0 Å². The van der Waals surface area contributed by atoms with Gasteiger partial charge in [0.1, 0.15) is 0 Å². The van der Waals surface area contributed by atoms with Crippen molar-refractivity contribution in [2.24, 2.45) is 5.73 Å². The molecule has 0 radical (unpaired) electrons. The molecule has 1 heterocycles. The molecular weight excluding hydrogens is 262 g/mol. The molecule has 0 aliphatic carbocycles. The van der Waals surface area contributed by atoms with E-state index in [0.717, 1.165) is 17.5 Å². The highest BCUT2D eigenvalue weighted by atomic mass is 16.2. The van der Waals surface area contributed by atoms with Gasteiger partial charge in [0.15, 0.2) is 0 Å². The van der Waals surface area contributed by atoms with Gasteiger partial charge >= 0.3 is 0 Å². The number of likely N-dealkylation sites (N-methyl/N-ethyl adjacent to an activating group) is 1. The first-order valence-corrected chi connectivity index (χ1v) is 7.10. The van der Waals surface area contributed by atoms with Gasteiger partial charge in [-0.15, -0.1) is 0 Å². The van der Waals surface area contributed by atoms with Crippen molar-refractivity contribution >= 4 is 5.91 Å². The smallest absolute Gasteiger partial charge is 0.226 e. The average Bonchev–Trinajstić information content (AvgIpc) is 2.54. The predicted octanol–water partition coefficient (Wildman–Crippen LogP) is 1.78. The van der Waals surface area contributed by atoms with E-state index in [2.05, 4.69) is 4.98 Å². The van der Waals surface area contributed by atoms with E-state index < -0.39 is 0 Å². The van der Waals surface area contributed by atoms with Crippen molar-refractivity contribution in [3.05, 3.63) is 65.5 Å². The van der Waals surface area contributed by atoms with Gasteiger partial charge in [-0.1, -0.05) is 24.3 Å². The second-order valence-corrected chi connectivity index (χ2v) is 5.12. The molecule has 110 valence electrons. The largest absolute Gasteiger partial charge is 0.345 e. The Hall–Kier alpha value is -2.20. The van der Waals surface area contributed by atoms with E-state index in [1.807, 2.05) is 43.4 Å². The Morgan fingerprint density at radius 2 is 1.67 bits per heavy atom. The van der Waals surface area contributed by atoms with Crippen molar-refractivity contribution in [3.8, 4) is 0 Å². The maximum absolute atomic E-state index is 12.2. The Morgan fingerprint density at radius 1 is 1.05 bits per heavy atom. The van der Waals surface area contributed by atoms with Gasteiger partial charge in [0.05, 0.1) is 6.42 Å². The van der Waals surface area contributed by atoms with Gasteiger partial charge in [-0.05, 0) is 35.2 Å². The second kappa shape index (κ2) is 7.55. The van der Waals surface area contributed by atoms with Crippen LogP contribution >= 0.6 is 0 Å². The standard InChI is InChI=1S/C17H21N3O/c1-20(11-8-14-6-9-19-10-7-14)17(21)12-15-2-4-16(13-18)5-3-15/h2-7,9-10H,8,11-13,18H2,1H3. The number of hydrogen-bond donors (Lipinski definition) is 1. The van der Waals surface area contributed by atoms with Gasteiger partial charge in [0.2, 0.25) is 5.91 Å². The van der Waals surface area contributed by atoms with Crippen LogP contribution in [0.1, 0.15) is 16.7 Å². The number of hydrogen-bond acceptors (Lipinski definition) is 3. The molecule has 0 saturated heterocycles. The highest BCUT2D eigenvalue weighted by Crippen LogP contribution is 2.07. The minimum atomic E-state index is 0.129. The number of nitrogens with zero attached hydrogens (tertiary/aromatic N) is 2. The van der Waals surface area contributed by atoms with E-state index in [-0.39, 0.29) is 5.91 Å². The number of benzene rings is 1. The molecule has 4 heteroatoms. The third-order valence-corrected chi connectivity index (χ3v) is 3.53. The molecule has 1 amide bonds. The van der Waals surface area contributed by atoms with Crippen molar-refractivity contribution in [1.82, 2.24) is 9.88 Å². The molecule has 0 aliphatic rings. The molecule has 0 spiro atoms. The number of aromatic nitrogens is 1. The number of nitrogens with two attached hydrogens (primary N) is 1. The molecule has 1 aromatic heterocycles. The maximum atomic E-state index is 12.2. The van der Waals surface area contributed by atoms with Crippen LogP contribution in [0.4, 0.5) is 0 Å². The molecule has 2 aromatic rings. The average molecular weight is 283 g/mol. The summed E-state index contributed by atoms with van der Waals surface area (Å²) in [5.74, 6) is 0.129. The molecule has 0 saturated carbocycles. The van der Waals surface area contributed by atoms with Crippen molar-refractivity contribution in [3.63, 3.8) is 0 Å². The lowest BCUT2D eigenvalue weighted by Gasteiger charge is -2.17. The van der Waals surface area contributed by atoms with Crippen LogP contribution in [0, 0.1) is 0 Å². The van der Waals surface area contributed by atoms with Crippen LogP contribution in [-0.4, -0.2) is 29.4 Å². The summed E-state index contributed by atoms with van der Waals surface area (Å²) in [5, 5.41) is 0. The number of carbonyl (C=O) groups is 1. The lowest BCUT2D eigenvalue weighted by atomic mass is 10.1. The summed E-state index contributed by atoms with van der Waals surface area (Å²) in [6.07, 6.45) is 4.82. The molecule has 2 rings (SSSR count). The molecule has 4 nitrogen and oxygen atoms in total. The van der Waals surface area contributed by atoms with Crippen LogP contribution < -0.4 is 5.73 Å². The Kier molecular flexibility index (Phi) is 5.46. The van der Waals surface area contributed by atoms with Crippen LogP contribution in [-0.2, 0) is 24.2 Å². The van der Waals surface area contributed by atoms with Crippen LogP contribution in [0.25, 0.3) is 0 Å². The third kappa shape index (κ3) is 4.68. The van der Waals surface area contributed by atoms with Crippen molar-refractivity contribution in [2.45, 2.75) is 19.4 Å². The highest BCUT2D eigenvalue weighted by molar-refractivity contribution is 5.78. The zero-order valence-corrected chi connectivity index (χ0v) is 12.3. The molecule has 1 aromatic carbocycles. The predicted molar refractivity (Wildman–Crippen MR) is 83.6 cm³/mol. The summed E-state index contributed by atoms with van der Waals surface area (Å²) in [6, 6.07) is 11.8. The monoisotopic (exact) mass is 283 g/mol. The molecule has 21 heavy (non-hydrogen) atoms. The van der Waals surface area contributed by atoms with Crippen molar-refractivity contribution in [1.29, 1.82) is 0 Å². The second-order valence-electron chi connectivity index (χ2n) is 5.12. The first-order chi connectivity index (χ1) is 10.2. The number of pyridine rings is 1. The quantitative estimate of drug-likeness (QED) is 0.879. The van der Waals surface area contributed by atoms with Crippen LogP contribution in [0.2, 0.25) is 0 Å². The van der Waals surface area contributed by atoms with Gasteiger partial charge < -0.3 is 10.6 Å². The first kappa shape index (κ1) is 15.2. The highest BCUT2D eigenvalue weighted by Gasteiger charge is 2.09. The Labute approximate surface area is 125 Å². The van der Waals surface area contributed by atoms with Crippen molar-refractivity contribution < 1.29 is 4.79 Å². The zero-order valence-electron chi connectivity index (χ0n) is 12.3. The summed E-state index contributed by atoms with van der Waals surface area (Å²) in [7, 11) is 1.85.